The molecule has 0 atom stereocenters. The van der Waals surface area contributed by atoms with E-state index in [-0.39, 0.29) is 13.4 Å². The molecule has 0 aliphatic carbocycles. The quantitative estimate of drug-likeness (QED) is 0.614. The van der Waals surface area contributed by atoms with Crippen LogP contribution in [-0.2, 0) is 9.59 Å². The highest BCUT2D eigenvalue weighted by Crippen LogP contribution is 2.32. The Labute approximate surface area is 154 Å². The molecule has 0 saturated carbocycles. The third-order valence-electron chi connectivity index (χ3n) is 3.50. The van der Waals surface area contributed by atoms with Gasteiger partial charge < -0.3 is 14.2 Å². The lowest BCUT2D eigenvalue weighted by molar-refractivity contribution is -0.128. The molecule has 2 N–H and O–H groups in total. The maximum Gasteiger partial charge on any atom is 0.276 e. The number of fused-ring (bicyclic) bond motifs is 1. The van der Waals surface area contributed by atoms with Crippen LogP contribution in [0.1, 0.15) is 11.1 Å². The van der Waals surface area contributed by atoms with Gasteiger partial charge >= 0.3 is 0 Å². The van der Waals surface area contributed by atoms with Crippen molar-refractivity contribution in [3.8, 4) is 23.3 Å². The van der Waals surface area contributed by atoms with Crippen LogP contribution in [0.2, 0.25) is 0 Å². The Morgan fingerprint density at radius 1 is 1.11 bits per heavy atom. The van der Waals surface area contributed by atoms with E-state index in [0.717, 1.165) is 5.56 Å². The van der Waals surface area contributed by atoms with Gasteiger partial charge in [0, 0.05) is 6.08 Å². The average Bonchev–Trinajstić information content (AvgIpc) is 3.17. The molecule has 0 fully saturated rings. The highest BCUT2D eigenvalue weighted by atomic mass is 16.7. The number of nitrogens with zero attached hydrogens (tertiary/aromatic N) is 1. The van der Waals surface area contributed by atoms with Crippen LogP contribution in [-0.4, -0.2) is 25.2 Å². The van der Waals surface area contributed by atoms with E-state index in [4.69, 9.17) is 19.5 Å². The summed E-state index contributed by atoms with van der Waals surface area (Å²) in [5.74, 6) is 0.693. The first kappa shape index (κ1) is 17.8. The number of ether oxygens (including phenoxy) is 3. The normalized spacial score (nSPS) is 11.7. The second-order valence-electron chi connectivity index (χ2n) is 5.41. The average molecular weight is 365 g/mol. The van der Waals surface area contributed by atoms with E-state index in [9.17, 15) is 9.59 Å². The van der Waals surface area contributed by atoms with Gasteiger partial charge in [0.05, 0.1) is 11.6 Å². The summed E-state index contributed by atoms with van der Waals surface area (Å²) >= 11 is 0. The van der Waals surface area contributed by atoms with Crippen LogP contribution in [0.5, 0.6) is 17.2 Å². The molecule has 1 aliphatic heterocycles. The summed E-state index contributed by atoms with van der Waals surface area (Å²) < 4.78 is 15.7. The van der Waals surface area contributed by atoms with Crippen LogP contribution in [0.25, 0.3) is 6.08 Å². The Balaban J connectivity index is 1.41. The molecule has 0 unspecified atom stereocenters. The predicted molar refractivity (Wildman–Crippen MR) is 94.5 cm³/mol. The standard InChI is InChI=1S/C19H15N3O5/c20-10-14-1-5-15(6-2-14)25-11-19(24)22-21-18(23)8-4-13-3-7-16-17(9-13)27-12-26-16/h1-9H,11-12H2,(H,21,23)(H,22,24)/b8-4+. The van der Waals surface area contributed by atoms with Crippen LogP contribution in [0, 0.1) is 11.3 Å². The molecule has 0 bridgehead atoms. The first-order valence-corrected chi connectivity index (χ1v) is 7.93. The summed E-state index contributed by atoms with van der Waals surface area (Å²) in [6.45, 7) is -0.0996. The summed E-state index contributed by atoms with van der Waals surface area (Å²) in [7, 11) is 0. The molecule has 2 aromatic carbocycles. The molecule has 2 aromatic rings. The summed E-state index contributed by atoms with van der Waals surface area (Å²) in [5, 5.41) is 8.71. The van der Waals surface area contributed by atoms with Crippen molar-refractivity contribution in [1.29, 1.82) is 5.26 Å². The fraction of sp³-hybridized carbons (Fsp3) is 0.105. The van der Waals surface area contributed by atoms with E-state index in [0.29, 0.717) is 22.8 Å². The molecular formula is C19H15N3O5. The van der Waals surface area contributed by atoms with Crippen LogP contribution >= 0.6 is 0 Å². The van der Waals surface area contributed by atoms with E-state index in [1.54, 1.807) is 48.5 Å². The number of nitriles is 1. The van der Waals surface area contributed by atoms with Crippen LogP contribution < -0.4 is 25.1 Å². The number of nitrogens with one attached hydrogen (secondary N) is 2. The van der Waals surface area contributed by atoms with Gasteiger partial charge in [-0.2, -0.15) is 5.26 Å². The first-order chi connectivity index (χ1) is 13.1. The molecular weight excluding hydrogens is 350 g/mol. The smallest absolute Gasteiger partial charge is 0.276 e. The zero-order valence-corrected chi connectivity index (χ0v) is 14.1. The summed E-state index contributed by atoms with van der Waals surface area (Å²) in [6, 6.07) is 13.6. The summed E-state index contributed by atoms with van der Waals surface area (Å²) in [6.07, 6.45) is 2.86. The van der Waals surface area contributed by atoms with Crippen molar-refractivity contribution in [2.24, 2.45) is 0 Å². The second-order valence-corrected chi connectivity index (χ2v) is 5.41. The minimum atomic E-state index is -0.524. The molecule has 27 heavy (non-hydrogen) atoms. The van der Waals surface area contributed by atoms with E-state index in [2.05, 4.69) is 10.9 Å². The van der Waals surface area contributed by atoms with Crippen molar-refractivity contribution in [1.82, 2.24) is 10.9 Å². The molecule has 0 spiro atoms. The fourth-order valence-corrected chi connectivity index (χ4v) is 2.17. The number of benzene rings is 2. The SMILES string of the molecule is N#Cc1ccc(OCC(=O)NNC(=O)/C=C/c2ccc3c(c2)OCO3)cc1. The van der Waals surface area contributed by atoms with E-state index in [1.165, 1.54) is 6.08 Å². The van der Waals surface area contributed by atoms with E-state index >= 15 is 0 Å². The fourth-order valence-electron chi connectivity index (χ4n) is 2.17. The van der Waals surface area contributed by atoms with Gasteiger partial charge in [0.1, 0.15) is 5.75 Å². The van der Waals surface area contributed by atoms with Gasteiger partial charge in [-0.05, 0) is 48.0 Å². The Bertz CT molecular complexity index is 916. The Morgan fingerprint density at radius 3 is 2.67 bits per heavy atom. The molecule has 3 rings (SSSR count). The van der Waals surface area contributed by atoms with Gasteiger partial charge in [0.15, 0.2) is 18.1 Å². The molecule has 0 radical (unpaired) electrons. The summed E-state index contributed by atoms with van der Waals surface area (Å²) in [5.41, 5.74) is 5.74. The Kier molecular flexibility index (Phi) is 5.54. The van der Waals surface area contributed by atoms with Gasteiger partial charge in [-0.1, -0.05) is 6.07 Å². The van der Waals surface area contributed by atoms with Crippen LogP contribution in [0.4, 0.5) is 0 Å². The maximum atomic E-state index is 11.8. The summed E-state index contributed by atoms with van der Waals surface area (Å²) in [4.78, 5) is 23.4. The Morgan fingerprint density at radius 2 is 1.89 bits per heavy atom. The Hall–Kier alpha value is -3.99. The van der Waals surface area contributed by atoms with Crippen molar-refractivity contribution >= 4 is 17.9 Å². The monoisotopic (exact) mass is 365 g/mol. The second kappa shape index (κ2) is 8.40. The van der Waals surface area contributed by atoms with Crippen molar-refractivity contribution in [2.45, 2.75) is 0 Å². The van der Waals surface area contributed by atoms with E-state index in [1.807, 2.05) is 6.07 Å². The third kappa shape index (κ3) is 4.99. The van der Waals surface area contributed by atoms with Crippen molar-refractivity contribution < 1.29 is 23.8 Å². The highest BCUT2D eigenvalue weighted by molar-refractivity contribution is 5.93. The van der Waals surface area contributed by atoms with Crippen LogP contribution in [0.3, 0.4) is 0 Å². The molecule has 2 amide bonds. The third-order valence-corrected chi connectivity index (χ3v) is 3.50. The van der Waals surface area contributed by atoms with Gasteiger partial charge in [0.25, 0.3) is 11.8 Å². The lowest BCUT2D eigenvalue weighted by Crippen LogP contribution is -2.43. The predicted octanol–water partition coefficient (Wildman–Crippen LogP) is 1.53. The number of hydrogen-bond acceptors (Lipinski definition) is 6. The molecule has 0 aromatic heterocycles. The minimum Gasteiger partial charge on any atom is -0.484 e. The zero-order valence-electron chi connectivity index (χ0n) is 14.1. The molecule has 8 heteroatoms. The number of hydrogen-bond donors (Lipinski definition) is 2. The number of carbonyl (C=O) groups excluding carboxylic acids is 2. The molecule has 1 heterocycles. The van der Waals surface area contributed by atoms with Crippen molar-refractivity contribution in [3.63, 3.8) is 0 Å². The van der Waals surface area contributed by atoms with Crippen molar-refractivity contribution in [2.75, 3.05) is 13.4 Å². The zero-order chi connectivity index (χ0) is 19.1. The number of carbonyl (C=O) groups is 2. The van der Waals surface area contributed by atoms with Gasteiger partial charge in [-0.15, -0.1) is 0 Å². The first-order valence-electron chi connectivity index (χ1n) is 7.93. The lowest BCUT2D eigenvalue weighted by Gasteiger charge is -2.07. The van der Waals surface area contributed by atoms with Gasteiger partial charge in [0.2, 0.25) is 6.79 Å². The van der Waals surface area contributed by atoms with Crippen molar-refractivity contribution in [3.05, 3.63) is 59.7 Å². The molecule has 0 saturated heterocycles. The van der Waals surface area contributed by atoms with Gasteiger partial charge in [-0.25, -0.2) is 0 Å². The number of hydrazine groups is 1. The van der Waals surface area contributed by atoms with Gasteiger partial charge in [-0.3, -0.25) is 20.4 Å². The number of amides is 2. The maximum absolute atomic E-state index is 11.8. The number of rotatable bonds is 5. The van der Waals surface area contributed by atoms with E-state index < -0.39 is 11.8 Å². The van der Waals surface area contributed by atoms with Crippen LogP contribution in [0.15, 0.2) is 48.5 Å². The lowest BCUT2D eigenvalue weighted by atomic mass is 10.2. The highest BCUT2D eigenvalue weighted by Gasteiger charge is 2.12. The molecule has 1 aliphatic rings. The largest absolute Gasteiger partial charge is 0.484 e. The topological polar surface area (TPSA) is 110 Å². The molecule has 8 nitrogen and oxygen atoms in total. The molecule has 136 valence electrons. The minimum absolute atomic E-state index is 0.180.